The van der Waals surface area contributed by atoms with Gasteiger partial charge in [0.15, 0.2) is 0 Å². The van der Waals surface area contributed by atoms with E-state index in [0.29, 0.717) is 12.2 Å². The van der Waals surface area contributed by atoms with Crippen molar-refractivity contribution < 1.29 is 18.3 Å². The molecule has 0 spiro atoms. The lowest BCUT2D eigenvalue weighted by Gasteiger charge is -2.12. The standard InChI is InChI=1S/C15H19NO4S2/c1-11-9-13(3-4-15(11)20-2)22(18,19)16-7-5-14(17)12-6-8-21-10-12/h3-4,6,8-10,14,16-17H,5,7H2,1-2H3. The Morgan fingerprint density at radius 3 is 2.73 bits per heavy atom. The fourth-order valence-electron chi connectivity index (χ4n) is 2.06. The first kappa shape index (κ1) is 17.0. The van der Waals surface area contributed by atoms with E-state index in [2.05, 4.69) is 4.72 Å². The summed E-state index contributed by atoms with van der Waals surface area (Å²) in [6.45, 7) is 1.96. The zero-order valence-corrected chi connectivity index (χ0v) is 14.1. The van der Waals surface area contributed by atoms with Gasteiger partial charge in [-0.25, -0.2) is 13.1 Å². The fourth-order valence-corrected chi connectivity index (χ4v) is 3.90. The number of hydrogen-bond acceptors (Lipinski definition) is 5. The van der Waals surface area contributed by atoms with Gasteiger partial charge in [0.05, 0.1) is 18.1 Å². The molecule has 1 unspecified atom stereocenters. The molecule has 0 saturated carbocycles. The molecule has 0 saturated heterocycles. The summed E-state index contributed by atoms with van der Waals surface area (Å²) < 4.78 is 32.1. The summed E-state index contributed by atoms with van der Waals surface area (Å²) in [6.07, 6.45) is -0.336. The smallest absolute Gasteiger partial charge is 0.240 e. The van der Waals surface area contributed by atoms with Crippen LogP contribution in [-0.4, -0.2) is 27.2 Å². The van der Waals surface area contributed by atoms with Gasteiger partial charge in [0.2, 0.25) is 10.0 Å². The normalized spacial score (nSPS) is 13.0. The van der Waals surface area contributed by atoms with E-state index in [0.717, 1.165) is 11.1 Å². The maximum Gasteiger partial charge on any atom is 0.240 e. The summed E-state index contributed by atoms with van der Waals surface area (Å²) >= 11 is 1.50. The number of methoxy groups -OCH3 is 1. The Morgan fingerprint density at radius 2 is 2.14 bits per heavy atom. The zero-order chi connectivity index (χ0) is 16.2. The van der Waals surface area contributed by atoms with E-state index < -0.39 is 16.1 Å². The molecule has 1 atom stereocenters. The Hall–Kier alpha value is -1.41. The van der Waals surface area contributed by atoms with E-state index >= 15 is 0 Å². The molecule has 0 aliphatic heterocycles. The molecule has 0 radical (unpaired) electrons. The molecular weight excluding hydrogens is 322 g/mol. The Balaban J connectivity index is 1.98. The van der Waals surface area contributed by atoms with E-state index in [1.54, 1.807) is 26.2 Å². The van der Waals surface area contributed by atoms with Gasteiger partial charge in [-0.1, -0.05) is 0 Å². The highest BCUT2D eigenvalue weighted by molar-refractivity contribution is 7.89. The van der Waals surface area contributed by atoms with Crippen molar-refractivity contribution in [3.8, 4) is 5.75 Å². The molecule has 1 heterocycles. The van der Waals surface area contributed by atoms with Crippen LogP contribution in [0.4, 0.5) is 0 Å². The molecule has 1 aromatic carbocycles. The highest BCUT2D eigenvalue weighted by Crippen LogP contribution is 2.22. The van der Waals surface area contributed by atoms with Crippen molar-refractivity contribution in [2.75, 3.05) is 13.7 Å². The number of aliphatic hydroxyl groups excluding tert-OH is 1. The van der Waals surface area contributed by atoms with E-state index in [9.17, 15) is 13.5 Å². The van der Waals surface area contributed by atoms with Crippen LogP contribution in [0, 0.1) is 6.92 Å². The SMILES string of the molecule is COc1ccc(S(=O)(=O)NCCC(O)c2ccsc2)cc1C. The summed E-state index contributed by atoms with van der Waals surface area (Å²) in [7, 11) is -2.04. The van der Waals surface area contributed by atoms with Gasteiger partial charge in [-0.3, -0.25) is 0 Å². The average Bonchev–Trinajstić information content (AvgIpc) is 3.01. The lowest BCUT2D eigenvalue weighted by Crippen LogP contribution is -2.26. The second kappa shape index (κ2) is 7.23. The first-order valence-electron chi connectivity index (χ1n) is 6.78. The average molecular weight is 341 g/mol. The Kier molecular flexibility index (Phi) is 5.57. The van der Waals surface area contributed by atoms with Crippen LogP contribution in [-0.2, 0) is 10.0 Å². The van der Waals surface area contributed by atoms with Crippen molar-refractivity contribution in [1.82, 2.24) is 4.72 Å². The molecule has 0 aliphatic rings. The van der Waals surface area contributed by atoms with Crippen molar-refractivity contribution >= 4 is 21.4 Å². The summed E-state index contributed by atoms with van der Waals surface area (Å²) in [6, 6.07) is 6.53. The van der Waals surface area contributed by atoms with Gasteiger partial charge in [-0.05, 0) is 59.5 Å². The third-order valence-electron chi connectivity index (χ3n) is 3.31. The molecule has 5 nitrogen and oxygen atoms in total. The number of aliphatic hydroxyl groups is 1. The van der Waals surface area contributed by atoms with Crippen LogP contribution in [0.2, 0.25) is 0 Å². The predicted octanol–water partition coefficient (Wildman–Crippen LogP) is 2.47. The molecular formula is C15H19NO4S2. The molecule has 0 aliphatic carbocycles. The predicted molar refractivity (Wildman–Crippen MR) is 86.8 cm³/mol. The minimum absolute atomic E-state index is 0.171. The summed E-state index contributed by atoms with van der Waals surface area (Å²) in [5.74, 6) is 0.645. The summed E-state index contributed by atoms with van der Waals surface area (Å²) in [5.41, 5.74) is 1.56. The fraction of sp³-hybridized carbons (Fsp3) is 0.333. The van der Waals surface area contributed by atoms with Crippen LogP contribution in [0.3, 0.4) is 0 Å². The van der Waals surface area contributed by atoms with Gasteiger partial charge >= 0.3 is 0 Å². The quantitative estimate of drug-likeness (QED) is 0.811. The second-order valence-corrected chi connectivity index (χ2v) is 7.44. The molecule has 2 rings (SSSR count). The Bertz CT molecular complexity index is 711. The van der Waals surface area contributed by atoms with Crippen molar-refractivity contribution in [2.24, 2.45) is 0 Å². The molecule has 2 aromatic rings. The number of hydrogen-bond donors (Lipinski definition) is 2. The van der Waals surface area contributed by atoms with Crippen LogP contribution in [0.25, 0.3) is 0 Å². The number of aryl methyl sites for hydroxylation is 1. The van der Waals surface area contributed by atoms with E-state index in [-0.39, 0.29) is 11.4 Å². The highest BCUT2D eigenvalue weighted by Gasteiger charge is 2.16. The topological polar surface area (TPSA) is 75.6 Å². The van der Waals surface area contributed by atoms with Crippen LogP contribution in [0.15, 0.2) is 39.9 Å². The Morgan fingerprint density at radius 1 is 1.36 bits per heavy atom. The number of rotatable bonds is 7. The van der Waals surface area contributed by atoms with Gasteiger partial charge in [0, 0.05) is 6.54 Å². The van der Waals surface area contributed by atoms with Crippen molar-refractivity contribution in [1.29, 1.82) is 0 Å². The zero-order valence-electron chi connectivity index (χ0n) is 12.4. The molecule has 2 N–H and O–H groups in total. The maximum absolute atomic E-state index is 12.2. The molecule has 22 heavy (non-hydrogen) atoms. The first-order valence-corrected chi connectivity index (χ1v) is 9.21. The van der Waals surface area contributed by atoms with Crippen LogP contribution < -0.4 is 9.46 Å². The number of ether oxygens (including phenoxy) is 1. The van der Waals surface area contributed by atoms with Gasteiger partial charge < -0.3 is 9.84 Å². The van der Waals surface area contributed by atoms with Gasteiger partial charge in [-0.2, -0.15) is 11.3 Å². The van der Waals surface area contributed by atoms with E-state index in [1.807, 2.05) is 16.8 Å². The molecule has 0 bridgehead atoms. The lowest BCUT2D eigenvalue weighted by molar-refractivity contribution is 0.169. The highest BCUT2D eigenvalue weighted by atomic mass is 32.2. The largest absolute Gasteiger partial charge is 0.496 e. The summed E-state index contributed by atoms with van der Waals surface area (Å²) in [4.78, 5) is 0.191. The number of sulfonamides is 1. The molecule has 0 fully saturated rings. The number of thiophene rings is 1. The van der Waals surface area contributed by atoms with Gasteiger partial charge in [-0.15, -0.1) is 0 Å². The van der Waals surface area contributed by atoms with Crippen molar-refractivity contribution in [2.45, 2.75) is 24.3 Å². The lowest BCUT2D eigenvalue weighted by atomic mass is 10.1. The number of nitrogens with one attached hydrogen (secondary N) is 1. The van der Waals surface area contributed by atoms with Gasteiger partial charge in [0.25, 0.3) is 0 Å². The molecule has 120 valence electrons. The monoisotopic (exact) mass is 341 g/mol. The third-order valence-corrected chi connectivity index (χ3v) is 5.47. The van der Waals surface area contributed by atoms with E-state index in [1.165, 1.54) is 17.4 Å². The number of benzene rings is 1. The van der Waals surface area contributed by atoms with E-state index in [4.69, 9.17) is 4.74 Å². The second-order valence-electron chi connectivity index (χ2n) is 4.89. The van der Waals surface area contributed by atoms with Crippen molar-refractivity contribution in [3.63, 3.8) is 0 Å². The Labute approximate surface area is 134 Å². The first-order chi connectivity index (χ1) is 10.4. The summed E-state index contributed by atoms with van der Waals surface area (Å²) in [5, 5.41) is 13.7. The molecule has 1 aromatic heterocycles. The molecule has 7 heteroatoms. The third kappa shape index (κ3) is 4.07. The minimum Gasteiger partial charge on any atom is -0.496 e. The maximum atomic E-state index is 12.2. The van der Waals surface area contributed by atoms with Crippen LogP contribution >= 0.6 is 11.3 Å². The van der Waals surface area contributed by atoms with Crippen LogP contribution in [0.5, 0.6) is 5.75 Å². The van der Waals surface area contributed by atoms with Crippen LogP contribution in [0.1, 0.15) is 23.7 Å². The van der Waals surface area contributed by atoms with Crippen molar-refractivity contribution in [3.05, 3.63) is 46.2 Å². The minimum atomic E-state index is -3.59. The molecule has 0 amide bonds. The van der Waals surface area contributed by atoms with Gasteiger partial charge in [0.1, 0.15) is 5.75 Å².